The van der Waals surface area contributed by atoms with Crippen molar-refractivity contribution >= 4 is 5.97 Å². The van der Waals surface area contributed by atoms with E-state index in [4.69, 9.17) is 9.47 Å². The van der Waals surface area contributed by atoms with Crippen molar-refractivity contribution < 1.29 is 23.8 Å². The first-order chi connectivity index (χ1) is 18.4. The van der Waals surface area contributed by atoms with E-state index < -0.39 is 5.97 Å². The van der Waals surface area contributed by atoms with E-state index in [-0.39, 0.29) is 18.2 Å². The zero-order valence-electron chi connectivity index (χ0n) is 22.3. The summed E-state index contributed by atoms with van der Waals surface area (Å²) in [5.41, 5.74) is 4.72. The first kappa shape index (κ1) is 26.3. The maximum absolute atomic E-state index is 15.0. The summed E-state index contributed by atoms with van der Waals surface area (Å²) in [4.78, 5) is 11.5. The van der Waals surface area contributed by atoms with Crippen LogP contribution in [0.2, 0.25) is 0 Å². The zero-order valence-corrected chi connectivity index (χ0v) is 22.3. The smallest absolute Gasteiger partial charge is 0.303 e. The molecule has 0 heterocycles. The van der Waals surface area contributed by atoms with Gasteiger partial charge in [0.25, 0.3) is 0 Å². The van der Waals surface area contributed by atoms with Crippen LogP contribution in [0.25, 0.3) is 11.1 Å². The topological polar surface area (TPSA) is 55.8 Å². The van der Waals surface area contributed by atoms with Gasteiger partial charge in [0.1, 0.15) is 23.9 Å². The Morgan fingerprint density at radius 3 is 2.55 bits per heavy atom. The van der Waals surface area contributed by atoms with Crippen molar-refractivity contribution in [3.63, 3.8) is 0 Å². The second kappa shape index (κ2) is 11.6. The summed E-state index contributed by atoms with van der Waals surface area (Å²) in [7, 11) is 1.60. The molecule has 1 N–H and O–H groups in total. The Labute approximate surface area is 224 Å². The fourth-order valence-electron chi connectivity index (χ4n) is 6.03. The number of hydrogen-bond donors (Lipinski definition) is 1. The molecule has 200 valence electrons. The van der Waals surface area contributed by atoms with E-state index in [0.29, 0.717) is 35.7 Å². The third kappa shape index (κ3) is 6.20. The molecule has 2 fully saturated rings. The maximum Gasteiger partial charge on any atom is 0.303 e. The van der Waals surface area contributed by atoms with Gasteiger partial charge in [-0.05, 0) is 89.1 Å². The van der Waals surface area contributed by atoms with Gasteiger partial charge in [-0.2, -0.15) is 0 Å². The normalized spacial score (nSPS) is 19.8. The molecule has 4 nitrogen and oxygen atoms in total. The molecule has 0 bridgehead atoms. The minimum Gasteiger partial charge on any atom is -0.497 e. The van der Waals surface area contributed by atoms with Crippen LogP contribution in [0.4, 0.5) is 4.39 Å². The zero-order chi connectivity index (χ0) is 26.6. The molecule has 0 radical (unpaired) electrons. The fraction of sp³-hybridized carbons (Fsp3) is 0.424. The summed E-state index contributed by atoms with van der Waals surface area (Å²) in [6, 6.07) is 19.0. The minimum atomic E-state index is -0.761. The second-order valence-electron chi connectivity index (χ2n) is 11.1. The van der Waals surface area contributed by atoms with Gasteiger partial charge in [-0.1, -0.05) is 62.9 Å². The van der Waals surface area contributed by atoms with Crippen molar-refractivity contribution in [1.29, 1.82) is 0 Å². The average Bonchev–Trinajstić information content (AvgIpc) is 3.64. The Balaban J connectivity index is 1.39. The number of methoxy groups -OCH3 is 1. The number of carbonyl (C=O) groups is 1. The van der Waals surface area contributed by atoms with Crippen molar-refractivity contribution in [2.75, 3.05) is 7.11 Å². The number of aliphatic carboxylic acids is 1. The summed E-state index contributed by atoms with van der Waals surface area (Å²) >= 11 is 0. The molecule has 0 amide bonds. The number of halogens is 1. The summed E-state index contributed by atoms with van der Waals surface area (Å²) < 4.78 is 26.6. The largest absolute Gasteiger partial charge is 0.497 e. The monoisotopic (exact) mass is 516 g/mol. The lowest BCUT2D eigenvalue weighted by atomic mass is 9.84. The maximum atomic E-state index is 15.0. The number of carboxylic acid groups (broad SMARTS) is 1. The number of hydrogen-bond acceptors (Lipinski definition) is 3. The average molecular weight is 517 g/mol. The Kier molecular flexibility index (Phi) is 8.01. The molecule has 3 aromatic rings. The van der Waals surface area contributed by atoms with Crippen LogP contribution in [0.5, 0.6) is 11.5 Å². The Morgan fingerprint density at radius 2 is 1.84 bits per heavy atom. The van der Waals surface area contributed by atoms with Gasteiger partial charge in [-0.25, -0.2) is 4.39 Å². The first-order valence-electron chi connectivity index (χ1n) is 13.8. The van der Waals surface area contributed by atoms with Crippen LogP contribution in [0.3, 0.4) is 0 Å². The van der Waals surface area contributed by atoms with Gasteiger partial charge < -0.3 is 14.6 Å². The van der Waals surface area contributed by atoms with Crippen molar-refractivity contribution in [2.24, 2.45) is 11.8 Å². The lowest BCUT2D eigenvalue weighted by molar-refractivity contribution is -0.137. The summed E-state index contributed by atoms with van der Waals surface area (Å²) in [5.74, 6) is 1.94. The molecule has 0 unspecified atom stereocenters. The third-order valence-corrected chi connectivity index (χ3v) is 8.31. The molecule has 38 heavy (non-hydrogen) atoms. The van der Waals surface area contributed by atoms with Crippen molar-refractivity contribution in [2.45, 2.75) is 70.3 Å². The van der Waals surface area contributed by atoms with Crippen LogP contribution in [0.15, 0.2) is 60.7 Å². The van der Waals surface area contributed by atoms with Crippen molar-refractivity contribution in [1.82, 2.24) is 0 Å². The van der Waals surface area contributed by atoms with Crippen LogP contribution < -0.4 is 9.47 Å². The van der Waals surface area contributed by atoms with Gasteiger partial charge in [-0.15, -0.1) is 0 Å². The van der Waals surface area contributed by atoms with E-state index in [0.717, 1.165) is 35.3 Å². The highest BCUT2D eigenvalue weighted by atomic mass is 19.1. The number of benzene rings is 3. The number of carboxylic acids is 1. The standard InChI is InChI=1S/C33H37FO4/c1-21-5-3-8-28(21)30-16-23(11-13-29(30)31-19-26(37-2)12-14-32(31)34)20-38-27-7-4-6-24(17-27)25(18-33(35)36)15-22-9-10-22/h4,6-7,11-14,16-17,19,21-22,25,28H,3,5,8-10,15,18,20H2,1-2H3,(H,35,36)/t21-,25-,28+/m1/s1. The van der Waals surface area contributed by atoms with Gasteiger partial charge in [0.15, 0.2) is 0 Å². The molecular formula is C33H37FO4. The Morgan fingerprint density at radius 1 is 1.00 bits per heavy atom. The SMILES string of the molecule is COc1ccc(F)c(-c2ccc(COc3cccc([C@@H](CC(=O)O)CC4CC4)c3)cc2[C@H]2CCC[C@H]2C)c1. The van der Waals surface area contributed by atoms with Gasteiger partial charge in [-0.3, -0.25) is 4.79 Å². The molecule has 0 saturated heterocycles. The van der Waals surface area contributed by atoms with Crippen LogP contribution in [-0.4, -0.2) is 18.2 Å². The summed E-state index contributed by atoms with van der Waals surface area (Å²) in [5, 5.41) is 9.42. The lowest BCUT2D eigenvalue weighted by Crippen LogP contribution is -2.08. The van der Waals surface area contributed by atoms with Crippen LogP contribution in [0, 0.1) is 17.7 Å². The Bertz CT molecular complexity index is 1280. The molecule has 3 aromatic carbocycles. The molecule has 0 aliphatic heterocycles. The summed E-state index contributed by atoms with van der Waals surface area (Å²) in [6.45, 7) is 2.68. The van der Waals surface area contributed by atoms with E-state index in [9.17, 15) is 14.3 Å². The third-order valence-electron chi connectivity index (χ3n) is 8.31. The predicted molar refractivity (Wildman–Crippen MR) is 147 cm³/mol. The molecule has 0 spiro atoms. The quantitative estimate of drug-likeness (QED) is 0.278. The van der Waals surface area contributed by atoms with Crippen LogP contribution in [-0.2, 0) is 11.4 Å². The van der Waals surface area contributed by atoms with Gasteiger partial charge in [0, 0.05) is 5.56 Å². The van der Waals surface area contributed by atoms with Gasteiger partial charge in [0.05, 0.1) is 13.5 Å². The van der Waals surface area contributed by atoms with Crippen molar-refractivity contribution in [3.8, 4) is 22.6 Å². The number of ether oxygens (including phenoxy) is 2. The highest BCUT2D eigenvalue weighted by molar-refractivity contribution is 5.71. The van der Waals surface area contributed by atoms with E-state index in [2.05, 4.69) is 13.0 Å². The molecule has 2 aliphatic carbocycles. The molecule has 5 heteroatoms. The van der Waals surface area contributed by atoms with E-state index in [1.165, 1.54) is 37.3 Å². The Hall–Kier alpha value is -3.34. The predicted octanol–water partition coefficient (Wildman–Crippen LogP) is 8.34. The van der Waals surface area contributed by atoms with E-state index in [1.54, 1.807) is 19.2 Å². The van der Waals surface area contributed by atoms with Gasteiger partial charge in [0.2, 0.25) is 0 Å². The van der Waals surface area contributed by atoms with Crippen LogP contribution >= 0.6 is 0 Å². The minimum absolute atomic E-state index is 0.0102. The molecule has 2 saturated carbocycles. The first-order valence-corrected chi connectivity index (χ1v) is 13.8. The molecular weight excluding hydrogens is 479 g/mol. The molecule has 3 atom stereocenters. The van der Waals surface area contributed by atoms with Crippen molar-refractivity contribution in [3.05, 3.63) is 83.2 Å². The number of rotatable bonds is 11. The second-order valence-corrected chi connectivity index (χ2v) is 11.1. The summed E-state index contributed by atoms with van der Waals surface area (Å²) in [6.07, 6.45) is 6.91. The molecule has 5 rings (SSSR count). The highest BCUT2D eigenvalue weighted by Crippen LogP contribution is 2.44. The molecule has 0 aromatic heterocycles. The molecule has 2 aliphatic rings. The highest BCUT2D eigenvalue weighted by Gasteiger charge is 2.29. The van der Waals surface area contributed by atoms with E-state index in [1.807, 2.05) is 36.4 Å². The van der Waals surface area contributed by atoms with Crippen LogP contribution in [0.1, 0.15) is 80.4 Å². The fourth-order valence-corrected chi connectivity index (χ4v) is 6.03. The van der Waals surface area contributed by atoms with E-state index >= 15 is 0 Å². The lowest BCUT2D eigenvalue weighted by Gasteiger charge is -2.22. The van der Waals surface area contributed by atoms with Gasteiger partial charge >= 0.3 is 5.97 Å².